The van der Waals surface area contributed by atoms with Crippen molar-refractivity contribution in [2.24, 2.45) is 0 Å². The van der Waals surface area contributed by atoms with Gasteiger partial charge in [-0.25, -0.2) is 4.39 Å². The van der Waals surface area contributed by atoms with Crippen molar-refractivity contribution in [2.75, 3.05) is 36.8 Å². The zero-order valence-corrected chi connectivity index (χ0v) is 18.4. The van der Waals surface area contributed by atoms with Crippen LogP contribution >= 0.6 is 34.5 Å². The number of nitrogens with two attached hydrogens (primary N) is 1. The molecule has 156 valence electrons. The van der Waals surface area contributed by atoms with Gasteiger partial charge >= 0.3 is 0 Å². The predicted molar refractivity (Wildman–Crippen MR) is 123 cm³/mol. The Hall–Kier alpha value is -2.12. The Bertz CT molecular complexity index is 1060. The lowest BCUT2D eigenvalue weighted by molar-refractivity contribution is 0.103. The molecule has 1 saturated heterocycles. The van der Waals surface area contributed by atoms with Crippen LogP contribution in [0.4, 0.5) is 15.1 Å². The third-order valence-corrected chi connectivity index (χ3v) is 6.59. The van der Waals surface area contributed by atoms with Crippen LogP contribution in [0.3, 0.4) is 0 Å². The summed E-state index contributed by atoms with van der Waals surface area (Å²) in [5.41, 5.74) is 8.75. The predicted octanol–water partition coefficient (Wildman–Crippen LogP) is 5.33. The van der Waals surface area contributed by atoms with E-state index in [1.165, 1.54) is 17.4 Å². The first kappa shape index (κ1) is 21.1. The lowest BCUT2D eigenvalue weighted by atomic mass is 10.0. The molecule has 0 atom stereocenters. The topological polar surface area (TPSA) is 49.6 Å². The maximum Gasteiger partial charge on any atom is 0.196 e. The van der Waals surface area contributed by atoms with E-state index in [1.807, 2.05) is 10.3 Å². The molecule has 2 aromatic carbocycles. The highest BCUT2D eigenvalue weighted by Crippen LogP contribution is 2.30. The summed E-state index contributed by atoms with van der Waals surface area (Å²) in [6, 6.07) is 11.6. The van der Waals surface area contributed by atoms with Crippen LogP contribution in [0.2, 0.25) is 10.0 Å². The number of carbonyl (C=O) groups excluding carboxylic acids is 1. The molecule has 0 bridgehead atoms. The Morgan fingerprint density at radius 2 is 1.70 bits per heavy atom. The van der Waals surface area contributed by atoms with E-state index < -0.39 is 0 Å². The summed E-state index contributed by atoms with van der Waals surface area (Å²) in [7, 11) is 0. The molecule has 1 aromatic heterocycles. The molecule has 0 amide bonds. The number of nitrogens with zero attached hydrogens (tertiary/aromatic N) is 2. The number of ketones is 1. The van der Waals surface area contributed by atoms with E-state index >= 15 is 0 Å². The number of anilines is 2. The lowest BCUT2D eigenvalue weighted by Crippen LogP contribution is -2.46. The lowest BCUT2D eigenvalue weighted by Gasteiger charge is -2.36. The zero-order chi connectivity index (χ0) is 21.3. The molecule has 1 aliphatic heterocycles. The van der Waals surface area contributed by atoms with Crippen LogP contribution in [0.15, 0.2) is 47.8 Å². The van der Waals surface area contributed by atoms with Gasteiger partial charge in [0.2, 0.25) is 0 Å². The van der Waals surface area contributed by atoms with Crippen molar-refractivity contribution in [1.82, 2.24) is 4.90 Å². The van der Waals surface area contributed by atoms with E-state index in [1.54, 1.807) is 36.4 Å². The average Bonchev–Trinajstić information content (AvgIpc) is 3.09. The van der Waals surface area contributed by atoms with Crippen LogP contribution in [0.25, 0.3) is 0 Å². The Labute approximate surface area is 188 Å². The summed E-state index contributed by atoms with van der Waals surface area (Å²) < 4.78 is 14.2. The first-order chi connectivity index (χ1) is 14.4. The van der Waals surface area contributed by atoms with Gasteiger partial charge in [-0.1, -0.05) is 23.2 Å². The summed E-state index contributed by atoms with van der Waals surface area (Å²) in [4.78, 5) is 17.3. The molecule has 0 unspecified atom stereocenters. The van der Waals surface area contributed by atoms with Crippen molar-refractivity contribution >= 4 is 51.0 Å². The molecule has 1 aliphatic rings. The van der Waals surface area contributed by atoms with Gasteiger partial charge in [0, 0.05) is 48.3 Å². The number of thiophene rings is 1. The Balaban J connectivity index is 1.45. The van der Waals surface area contributed by atoms with E-state index in [2.05, 4.69) is 4.90 Å². The monoisotopic (exact) mass is 463 g/mol. The normalized spacial score (nSPS) is 14.8. The summed E-state index contributed by atoms with van der Waals surface area (Å²) in [5.74, 6) is -0.403. The Morgan fingerprint density at radius 3 is 2.37 bits per heavy atom. The minimum atomic E-state index is -0.308. The largest absolute Gasteiger partial charge is 0.390 e. The molecule has 0 spiro atoms. The SMILES string of the molecule is Nc1scc(CN2CCN(c3ccc(Cl)cc3F)CC2)c1C(=O)c1ccc(Cl)cc1. The Morgan fingerprint density at radius 1 is 1.03 bits per heavy atom. The van der Waals surface area contributed by atoms with Gasteiger partial charge in [-0.3, -0.25) is 9.69 Å². The Kier molecular flexibility index (Phi) is 6.29. The zero-order valence-electron chi connectivity index (χ0n) is 16.1. The number of nitrogen functional groups attached to an aromatic ring is 1. The molecular formula is C22H20Cl2FN3OS. The van der Waals surface area contributed by atoms with E-state index in [0.29, 0.717) is 51.5 Å². The minimum Gasteiger partial charge on any atom is -0.390 e. The van der Waals surface area contributed by atoms with Gasteiger partial charge in [-0.15, -0.1) is 11.3 Å². The van der Waals surface area contributed by atoms with Gasteiger partial charge in [0.05, 0.1) is 16.3 Å². The van der Waals surface area contributed by atoms with E-state index in [9.17, 15) is 9.18 Å². The third kappa shape index (κ3) is 4.47. The first-order valence-corrected chi connectivity index (χ1v) is 11.1. The van der Waals surface area contributed by atoms with Crippen molar-refractivity contribution < 1.29 is 9.18 Å². The van der Waals surface area contributed by atoms with Crippen LogP contribution in [-0.2, 0) is 6.54 Å². The number of carbonyl (C=O) groups is 1. The second-order valence-corrected chi connectivity index (χ2v) is 8.98. The maximum absolute atomic E-state index is 14.2. The van der Waals surface area contributed by atoms with Gasteiger partial charge in [-0.2, -0.15) is 0 Å². The molecule has 1 fully saturated rings. The number of benzene rings is 2. The van der Waals surface area contributed by atoms with Crippen molar-refractivity contribution in [3.05, 3.63) is 80.4 Å². The summed E-state index contributed by atoms with van der Waals surface area (Å²) >= 11 is 13.2. The van der Waals surface area contributed by atoms with Gasteiger partial charge in [0.25, 0.3) is 0 Å². The van der Waals surface area contributed by atoms with Gasteiger partial charge in [0.1, 0.15) is 5.82 Å². The molecule has 0 radical (unpaired) electrons. The molecule has 30 heavy (non-hydrogen) atoms. The summed E-state index contributed by atoms with van der Waals surface area (Å²) in [6.07, 6.45) is 0. The number of halogens is 3. The van der Waals surface area contributed by atoms with Crippen molar-refractivity contribution in [1.29, 1.82) is 0 Å². The molecule has 2 heterocycles. The van der Waals surface area contributed by atoms with Gasteiger partial charge in [0.15, 0.2) is 5.78 Å². The average molecular weight is 464 g/mol. The smallest absolute Gasteiger partial charge is 0.196 e. The van der Waals surface area contributed by atoms with Gasteiger partial charge < -0.3 is 10.6 Å². The first-order valence-electron chi connectivity index (χ1n) is 9.51. The van der Waals surface area contributed by atoms with Crippen molar-refractivity contribution in [3.63, 3.8) is 0 Å². The summed E-state index contributed by atoms with van der Waals surface area (Å²) in [6.45, 7) is 3.52. The number of hydrogen-bond acceptors (Lipinski definition) is 5. The quantitative estimate of drug-likeness (QED) is 0.519. The molecule has 8 heteroatoms. The molecule has 3 aromatic rings. The number of piperazine rings is 1. The van der Waals surface area contributed by atoms with Crippen LogP contribution in [0.1, 0.15) is 21.5 Å². The van der Waals surface area contributed by atoms with Crippen LogP contribution in [-0.4, -0.2) is 36.9 Å². The highest BCUT2D eigenvalue weighted by Gasteiger charge is 2.24. The van der Waals surface area contributed by atoms with E-state index in [4.69, 9.17) is 28.9 Å². The van der Waals surface area contributed by atoms with E-state index in [-0.39, 0.29) is 11.6 Å². The maximum atomic E-state index is 14.2. The van der Waals surface area contributed by atoms with Crippen LogP contribution in [0.5, 0.6) is 0 Å². The second kappa shape index (κ2) is 8.94. The molecule has 0 saturated carbocycles. The second-order valence-electron chi connectivity index (χ2n) is 7.20. The fraction of sp³-hybridized carbons (Fsp3) is 0.227. The standard InChI is InChI=1S/C22H20Cl2FN3OS/c23-16-3-1-14(2-4-16)21(29)20-15(13-30-22(20)26)12-27-7-9-28(10-8-27)19-6-5-17(24)11-18(19)25/h1-6,11,13H,7-10,12,26H2. The molecule has 2 N–H and O–H groups in total. The van der Waals surface area contributed by atoms with Crippen LogP contribution in [0, 0.1) is 5.82 Å². The third-order valence-electron chi connectivity index (χ3n) is 5.25. The molecule has 4 nitrogen and oxygen atoms in total. The highest BCUT2D eigenvalue weighted by atomic mass is 35.5. The number of hydrogen-bond donors (Lipinski definition) is 1. The molecule has 4 rings (SSSR count). The molecular weight excluding hydrogens is 444 g/mol. The van der Waals surface area contributed by atoms with Crippen molar-refractivity contribution in [3.8, 4) is 0 Å². The van der Waals surface area contributed by atoms with E-state index in [0.717, 1.165) is 18.7 Å². The number of rotatable bonds is 5. The summed E-state index contributed by atoms with van der Waals surface area (Å²) in [5, 5.41) is 3.44. The van der Waals surface area contributed by atoms with Gasteiger partial charge in [-0.05, 0) is 53.4 Å². The minimum absolute atomic E-state index is 0.0951. The fourth-order valence-corrected chi connectivity index (χ4v) is 4.74. The van der Waals surface area contributed by atoms with Crippen molar-refractivity contribution in [2.45, 2.75) is 6.54 Å². The molecule has 0 aliphatic carbocycles. The van der Waals surface area contributed by atoms with Crippen LogP contribution < -0.4 is 10.6 Å². The fourth-order valence-electron chi connectivity index (χ4n) is 3.66. The highest BCUT2D eigenvalue weighted by molar-refractivity contribution is 7.14.